The van der Waals surface area contributed by atoms with Crippen LogP contribution in [0.5, 0.6) is 17.2 Å². The number of phenolic OH excluding ortho intramolecular Hbond substituents is 1. The van der Waals surface area contributed by atoms with Crippen LogP contribution in [0.25, 0.3) is 5.70 Å². The van der Waals surface area contributed by atoms with Crippen LogP contribution in [0.1, 0.15) is 41.4 Å². The molecule has 5 nitrogen and oxygen atoms in total. The number of hydrogen-bond donors (Lipinski definition) is 3. The van der Waals surface area contributed by atoms with Crippen molar-refractivity contribution in [2.24, 2.45) is 0 Å². The maximum atomic E-state index is 13.1. The maximum absolute atomic E-state index is 13.1. The largest absolute Gasteiger partial charge is 0.504 e. The average molecular weight is 471 g/mol. The first kappa shape index (κ1) is 23.5. The normalized spacial score (nSPS) is 18.1. The summed E-state index contributed by atoms with van der Waals surface area (Å²) in [6.07, 6.45) is -2.80. The van der Waals surface area contributed by atoms with Crippen LogP contribution in [0, 0.1) is 0 Å². The minimum absolute atomic E-state index is 0.0454. The van der Waals surface area contributed by atoms with Crippen molar-refractivity contribution in [3.05, 3.63) is 95.1 Å². The summed E-state index contributed by atoms with van der Waals surface area (Å²) < 4.78 is 49.9. The van der Waals surface area contributed by atoms with Crippen LogP contribution in [-0.2, 0) is 6.18 Å². The van der Waals surface area contributed by atoms with Gasteiger partial charge in [0.15, 0.2) is 17.7 Å². The molecule has 178 valence electrons. The van der Waals surface area contributed by atoms with Gasteiger partial charge in [0.05, 0.1) is 24.8 Å². The Balaban J connectivity index is 1.73. The van der Waals surface area contributed by atoms with Crippen molar-refractivity contribution in [2.45, 2.75) is 25.3 Å². The molecule has 3 aromatic rings. The summed E-state index contributed by atoms with van der Waals surface area (Å²) in [6.45, 7) is 2.25. The Hall–Kier alpha value is -3.65. The number of quaternary nitrogens is 1. The van der Waals surface area contributed by atoms with Crippen LogP contribution in [0.4, 0.5) is 13.2 Å². The van der Waals surface area contributed by atoms with E-state index in [9.17, 15) is 18.3 Å². The third-order valence-corrected chi connectivity index (χ3v) is 5.74. The first-order chi connectivity index (χ1) is 16.3. The van der Waals surface area contributed by atoms with Crippen molar-refractivity contribution in [1.29, 1.82) is 0 Å². The molecule has 2 atom stereocenters. The number of rotatable bonds is 6. The molecule has 0 radical (unpaired) electrons. The lowest BCUT2D eigenvalue weighted by atomic mass is 9.97. The van der Waals surface area contributed by atoms with Crippen LogP contribution in [-0.4, -0.2) is 18.8 Å². The maximum Gasteiger partial charge on any atom is 0.416 e. The number of methoxy groups -OCH3 is 1. The average Bonchev–Trinajstić information content (AvgIpc) is 2.85. The molecule has 0 amide bonds. The summed E-state index contributed by atoms with van der Waals surface area (Å²) in [6, 6.07) is 17.6. The van der Waals surface area contributed by atoms with Gasteiger partial charge in [0.2, 0.25) is 0 Å². The molecule has 0 aliphatic carbocycles. The van der Waals surface area contributed by atoms with Crippen LogP contribution in [0.15, 0.2) is 72.8 Å². The number of nitrogens with one attached hydrogen (secondary N) is 1. The van der Waals surface area contributed by atoms with Gasteiger partial charge in [-0.2, -0.15) is 13.2 Å². The van der Waals surface area contributed by atoms with E-state index in [1.54, 1.807) is 13.2 Å². The van der Waals surface area contributed by atoms with Gasteiger partial charge in [0, 0.05) is 17.3 Å². The Labute approximate surface area is 195 Å². The van der Waals surface area contributed by atoms with Crippen molar-refractivity contribution in [3.8, 4) is 17.2 Å². The van der Waals surface area contributed by atoms with Gasteiger partial charge in [-0.1, -0.05) is 18.2 Å². The van der Waals surface area contributed by atoms with E-state index in [1.807, 2.05) is 54.7 Å². The van der Waals surface area contributed by atoms with Gasteiger partial charge < -0.3 is 25.2 Å². The van der Waals surface area contributed by atoms with E-state index in [-0.39, 0.29) is 18.0 Å². The molecular formula is C26H26F3N2O3+. The zero-order valence-corrected chi connectivity index (χ0v) is 18.8. The number of para-hydroxylation sites is 1. The molecule has 1 heterocycles. The molecule has 1 aliphatic rings. The lowest BCUT2D eigenvalue weighted by Crippen LogP contribution is -2.89. The number of nitrogens with two attached hydrogens (primary N) is 1. The van der Waals surface area contributed by atoms with E-state index in [0.29, 0.717) is 29.2 Å². The number of halogens is 3. The Kier molecular flexibility index (Phi) is 6.70. The smallest absolute Gasteiger partial charge is 0.416 e. The third kappa shape index (κ3) is 4.97. The van der Waals surface area contributed by atoms with E-state index >= 15 is 0 Å². The monoisotopic (exact) mass is 471 g/mol. The van der Waals surface area contributed by atoms with Crippen molar-refractivity contribution in [1.82, 2.24) is 5.32 Å². The van der Waals surface area contributed by atoms with Gasteiger partial charge in [0.1, 0.15) is 11.8 Å². The van der Waals surface area contributed by atoms with Gasteiger partial charge in [-0.15, -0.1) is 0 Å². The number of alkyl halides is 3. The quantitative estimate of drug-likeness (QED) is 0.485. The third-order valence-electron chi connectivity index (χ3n) is 5.74. The van der Waals surface area contributed by atoms with Gasteiger partial charge >= 0.3 is 6.18 Å². The van der Waals surface area contributed by atoms with E-state index in [1.165, 1.54) is 12.1 Å². The molecule has 0 saturated heterocycles. The van der Waals surface area contributed by atoms with Gasteiger partial charge in [0.25, 0.3) is 0 Å². The van der Waals surface area contributed by atoms with Gasteiger partial charge in [-0.3, -0.25) is 0 Å². The first-order valence-electron chi connectivity index (χ1n) is 10.9. The van der Waals surface area contributed by atoms with Crippen LogP contribution in [0.3, 0.4) is 0 Å². The predicted octanol–water partition coefficient (Wildman–Crippen LogP) is 4.77. The second kappa shape index (κ2) is 9.69. The molecule has 2 unspecified atom stereocenters. The van der Waals surface area contributed by atoms with Gasteiger partial charge in [-0.05, 0) is 61.0 Å². The minimum atomic E-state index is -4.40. The lowest BCUT2D eigenvalue weighted by molar-refractivity contribution is -0.731. The van der Waals surface area contributed by atoms with Crippen molar-refractivity contribution < 1.29 is 33.1 Å². The van der Waals surface area contributed by atoms with Crippen LogP contribution >= 0.6 is 0 Å². The summed E-state index contributed by atoms with van der Waals surface area (Å²) in [4.78, 5) is 0. The van der Waals surface area contributed by atoms with Crippen molar-refractivity contribution in [3.63, 3.8) is 0 Å². The fourth-order valence-corrected chi connectivity index (χ4v) is 4.00. The molecular weight excluding hydrogens is 445 g/mol. The Morgan fingerprint density at radius 3 is 2.32 bits per heavy atom. The molecule has 0 bridgehead atoms. The van der Waals surface area contributed by atoms with E-state index in [0.717, 1.165) is 23.4 Å². The summed E-state index contributed by atoms with van der Waals surface area (Å²) in [5, 5.41) is 16.2. The second-order valence-electron chi connectivity index (χ2n) is 7.90. The molecule has 0 aromatic heterocycles. The molecule has 8 heteroatoms. The zero-order chi connectivity index (χ0) is 24.3. The highest BCUT2D eigenvalue weighted by atomic mass is 19.4. The Morgan fingerprint density at radius 2 is 1.71 bits per heavy atom. The number of hydrogen-bond acceptors (Lipinski definition) is 4. The molecule has 34 heavy (non-hydrogen) atoms. The number of benzene rings is 3. The van der Waals surface area contributed by atoms with Crippen molar-refractivity contribution in [2.75, 3.05) is 13.7 Å². The molecule has 0 fully saturated rings. The molecule has 0 saturated carbocycles. The first-order valence-corrected chi connectivity index (χ1v) is 10.9. The second-order valence-corrected chi connectivity index (χ2v) is 7.90. The van der Waals surface area contributed by atoms with Crippen LogP contribution in [0.2, 0.25) is 0 Å². The zero-order valence-electron chi connectivity index (χ0n) is 18.8. The number of phenols is 1. The molecule has 4 N–H and O–H groups in total. The van der Waals surface area contributed by atoms with E-state index in [2.05, 4.69) is 5.32 Å². The Morgan fingerprint density at radius 1 is 1.00 bits per heavy atom. The van der Waals surface area contributed by atoms with E-state index < -0.39 is 11.7 Å². The topological polar surface area (TPSA) is 67.3 Å². The lowest BCUT2D eigenvalue weighted by Gasteiger charge is -2.30. The SMILES string of the molecule is CCOc1cccc(C2C=C(c3ccc(OC)cc3)NC(c3ccc(C(F)(F)F)cc3)[NH2+]2)c1O. The van der Waals surface area contributed by atoms with Gasteiger partial charge in [-0.25, -0.2) is 0 Å². The number of ether oxygens (including phenoxy) is 2. The molecule has 4 rings (SSSR count). The summed E-state index contributed by atoms with van der Waals surface area (Å²) in [7, 11) is 1.59. The van der Waals surface area contributed by atoms with Crippen LogP contribution < -0.4 is 20.1 Å². The number of aromatic hydroxyl groups is 1. The Bertz CT molecular complexity index is 1160. The fraction of sp³-hybridized carbons (Fsp3) is 0.231. The summed E-state index contributed by atoms with van der Waals surface area (Å²) in [5.74, 6) is 1.14. The van der Waals surface area contributed by atoms with Crippen molar-refractivity contribution >= 4 is 5.70 Å². The molecule has 0 spiro atoms. The highest BCUT2D eigenvalue weighted by Crippen LogP contribution is 2.36. The molecule has 1 aliphatic heterocycles. The van der Waals surface area contributed by atoms with E-state index in [4.69, 9.17) is 9.47 Å². The highest BCUT2D eigenvalue weighted by Gasteiger charge is 2.33. The standard InChI is InChI=1S/C26H25F3N2O3/c1-3-34-23-6-4-5-20(24(23)32)22-15-21(16-9-13-19(33-2)14-10-16)30-25(31-22)17-7-11-18(12-8-17)26(27,28)29/h4-15,22,25,30-32H,3H2,1-2H3/p+1. The molecule has 3 aromatic carbocycles. The fourth-order valence-electron chi connectivity index (χ4n) is 4.00. The highest BCUT2D eigenvalue weighted by molar-refractivity contribution is 5.66. The predicted molar refractivity (Wildman–Crippen MR) is 122 cm³/mol. The minimum Gasteiger partial charge on any atom is -0.504 e. The summed E-state index contributed by atoms with van der Waals surface area (Å²) in [5.41, 5.74) is 2.31. The summed E-state index contributed by atoms with van der Waals surface area (Å²) >= 11 is 0.